The molecule has 0 radical (unpaired) electrons. The molecule has 1 aromatic carbocycles. The normalized spacial score (nSPS) is 16.1. The predicted molar refractivity (Wildman–Crippen MR) is 98.7 cm³/mol. The molecule has 29 heavy (non-hydrogen) atoms. The zero-order chi connectivity index (χ0) is 21.4. The van der Waals surface area contributed by atoms with Crippen LogP contribution < -0.4 is 9.80 Å². The number of alkyl halides is 3. The van der Waals surface area contributed by atoms with E-state index in [2.05, 4.69) is 9.97 Å². The quantitative estimate of drug-likeness (QED) is 0.689. The van der Waals surface area contributed by atoms with Gasteiger partial charge in [0.15, 0.2) is 5.69 Å². The van der Waals surface area contributed by atoms with E-state index in [-0.39, 0.29) is 42.8 Å². The van der Waals surface area contributed by atoms with Crippen molar-refractivity contribution < 1.29 is 26.0 Å². The monoisotopic (exact) mass is 433 g/mol. The molecule has 0 amide bonds. The number of hydrogen-bond acceptors (Lipinski definition) is 6. The van der Waals surface area contributed by atoms with Gasteiger partial charge in [0.05, 0.1) is 4.90 Å². The highest BCUT2D eigenvalue weighted by Gasteiger charge is 2.35. The van der Waals surface area contributed by atoms with Crippen molar-refractivity contribution >= 4 is 21.8 Å². The summed E-state index contributed by atoms with van der Waals surface area (Å²) in [5.41, 5.74) is -1.06. The minimum atomic E-state index is -4.63. The average molecular weight is 433 g/mol. The van der Waals surface area contributed by atoms with E-state index in [0.717, 1.165) is 18.2 Å². The van der Waals surface area contributed by atoms with Gasteiger partial charge in [0.1, 0.15) is 11.6 Å². The molecule has 0 bridgehead atoms. The molecule has 0 N–H and O–H groups in total. The number of rotatable bonds is 4. The second kappa shape index (κ2) is 7.75. The van der Waals surface area contributed by atoms with Gasteiger partial charge in [-0.1, -0.05) is 0 Å². The number of sulfonamides is 1. The molecule has 2 aromatic rings. The molecule has 0 unspecified atom stereocenters. The van der Waals surface area contributed by atoms with Crippen molar-refractivity contribution in [1.29, 1.82) is 0 Å². The van der Waals surface area contributed by atoms with Crippen LogP contribution in [0.25, 0.3) is 0 Å². The lowest BCUT2D eigenvalue weighted by atomic mass is 10.3. The smallest absolute Gasteiger partial charge is 0.363 e. The van der Waals surface area contributed by atoms with Gasteiger partial charge in [-0.15, -0.1) is 0 Å². The van der Waals surface area contributed by atoms with E-state index >= 15 is 0 Å². The molecule has 3 rings (SSSR count). The zero-order valence-electron chi connectivity index (χ0n) is 15.7. The van der Waals surface area contributed by atoms with Crippen LogP contribution in [0, 0.1) is 5.82 Å². The van der Waals surface area contributed by atoms with Crippen molar-refractivity contribution in [2.45, 2.75) is 11.1 Å². The van der Waals surface area contributed by atoms with E-state index in [1.54, 1.807) is 14.1 Å². The molecule has 158 valence electrons. The second-order valence-corrected chi connectivity index (χ2v) is 8.59. The van der Waals surface area contributed by atoms with Gasteiger partial charge in [-0.2, -0.15) is 22.5 Å². The minimum Gasteiger partial charge on any atom is -0.363 e. The maximum atomic E-state index is 13.2. The van der Waals surface area contributed by atoms with Crippen molar-refractivity contribution in [3.05, 3.63) is 41.8 Å². The number of nitrogens with zero attached hydrogens (tertiary/aromatic N) is 5. The standard InChI is InChI=1S/C17H19F4N5O2S/c1-24(2)15-11-14(17(19,20)21)22-16(23-15)25-7-9-26(10-8-25)29(27,28)13-5-3-12(18)4-6-13/h3-6,11H,7-10H2,1-2H3. The largest absolute Gasteiger partial charge is 0.433 e. The van der Waals surface area contributed by atoms with Crippen LogP contribution in [0.2, 0.25) is 0 Å². The number of hydrogen-bond donors (Lipinski definition) is 0. The summed E-state index contributed by atoms with van der Waals surface area (Å²) in [4.78, 5) is 10.7. The van der Waals surface area contributed by atoms with Crippen LogP contribution in [0.4, 0.5) is 29.3 Å². The second-order valence-electron chi connectivity index (χ2n) is 6.65. The molecule has 12 heteroatoms. The van der Waals surface area contributed by atoms with Crippen LogP contribution in [0.3, 0.4) is 0 Å². The Labute approximate surface area is 165 Å². The van der Waals surface area contributed by atoms with Crippen LogP contribution in [0.15, 0.2) is 35.2 Å². The molecular weight excluding hydrogens is 414 g/mol. The first-order valence-electron chi connectivity index (χ1n) is 8.63. The van der Waals surface area contributed by atoms with Gasteiger partial charge in [0.2, 0.25) is 16.0 Å². The van der Waals surface area contributed by atoms with Gasteiger partial charge in [0.25, 0.3) is 0 Å². The number of aromatic nitrogens is 2. The van der Waals surface area contributed by atoms with Gasteiger partial charge in [-0.25, -0.2) is 17.8 Å². The molecule has 0 spiro atoms. The third kappa shape index (κ3) is 4.58. The Morgan fingerprint density at radius 3 is 2.10 bits per heavy atom. The van der Waals surface area contributed by atoms with Crippen molar-refractivity contribution in [3.8, 4) is 0 Å². The molecule has 1 aromatic heterocycles. The van der Waals surface area contributed by atoms with E-state index < -0.39 is 27.7 Å². The lowest BCUT2D eigenvalue weighted by molar-refractivity contribution is -0.141. The molecule has 1 aliphatic heterocycles. The summed E-state index contributed by atoms with van der Waals surface area (Å²) in [6.07, 6.45) is -4.63. The summed E-state index contributed by atoms with van der Waals surface area (Å²) in [5, 5.41) is 0. The fraction of sp³-hybridized carbons (Fsp3) is 0.412. The van der Waals surface area contributed by atoms with E-state index in [0.29, 0.717) is 0 Å². The summed E-state index contributed by atoms with van der Waals surface area (Å²) in [5.74, 6) is -0.557. The molecule has 1 saturated heterocycles. The first kappa shape index (κ1) is 21.2. The van der Waals surface area contributed by atoms with Crippen LogP contribution in [0.5, 0.6) is 0 Å². The van der Waals surface area contributed by atoms with Crippen LogP contribution in [-0.4, -0.2) is 63.0 Å². The Bertz CT molecular complexity index is 972. The van der Waals surface area contributed by atoms with Crippen LogP contribution >= 0.6 is 0 Å². The van der Waals surface area contributed by atoms with Crippen molar-refractivity contribution in [2.24, 2.45) is 0 Å². The van der Waals surface area contributed by atoms with Gasteiger partial charge in [-0.05, 0) is 24.3 Å². The highest BCUT2D eigenvalue weighted by Crippen LogP contribution is 2.31. The Morgan fingerprint density at radius 2 is 1.59 bits per heavy atom. The molecule has 0 atom stereocenters. The Balaban J connectivity index is 1.80. The Hall–Kier alpha value is -2.47. The van der Waals surface area contributed by atoms with Gasteiger partial charge < -0.3 is 9.80 Å². The SMILES string of the molecule is CN(C)c1cc(C(F)(F)F)nc(N2CCN(S(=O)(=O)c3ccc(F)cc3)CC2)n1. The molecule has 1 fully saturated rings. The van der Waals surface area contributed by atoms with Crippen molar-refractivity contribution in [3.63, 3.8) is 0 Å². The Morgan fingerprint density at radius 1 is 1.00 bits per heavy atom. The lowest BCUT2D eigenvalue weighted by Gasteiger charge is -2.34. The number of piperazine rings is 1. The summed E-state index contributed by atoms with van der Waals surface area (Å²) in [6, 6.07) is 5.33. The van der Waals surface area contributed by atoms with Crippen molar-refractivity contribution in [1.82, 2.24) is 14.3 Å². The summed E-state index contributed by atoms with van der Waals surface area (Å²) in [6.45, 7) is 0.316. The zero-order valence-corrected chi connectivity index (χ0v) is 16.5. The number of anilines is 2. The molecule has 0 saturated carbocycles. The molecular formula is C17H19F4N5O2S. The molecule has 7 nitrogen and oxygen atoms in total. The topological polar surface area (TPSA) is 69.6 Å². The first-order valence-corrected chi connectivity index (χ1v) is 10.1. The Kier molecular flexibility index (Phi) is 5.68. The molecule has 2 heterocycles. The van der Waals surface area contributed by atoms with E-state index in [1.807, 2.05) is 0 Å². The third-order valence-corrected chi connectivity index (χ3v) is 6.34. The fourth-order valence-corrected chi connectivity index (χ4v) is 4.24. The van der Waals surface area contributed by atoms with E-state index in [1.165, 1.54) is 26.2 Å². The van der Waals surface area contributed by atoms with Gasteiger partial charge in [0, 0.05) is 46.3 Å². The highest BCUT2D eigenvalue weighted by atomic mass is 32.2. The minimum absolute atomic E-state index is 0.0383. The highest BCUT2D eigenvalue weighted by molar-refractivity contribution is 7.89. The first-order chi connectivity index (χ1) is 13.5. The maximum Gasteiger partial charge on any atom is 0.433 e. The van der Waals surface area contributed by atoms with Crippen molar-refractivity contribution in [2.75, 3.05) is 50.1 Å². The van der Waals surface area contributed by atoms with Crippen LogP contribution in [-0.2, 0) is 16.2 Å². The van der Waals surface area contributed by atoms with Gasteiger partial charge in [-0.3, -0.25) is 0 Å². The van der Waals surface area contributed by atoms with E-state index in [4.69, 9.17) is 0 Å². The predicted octanol–water partition coefficient (Wildman–Crippen LogP) is 2.21. The summed E-state index contributed by atoms with van der Waals surface area (Å²) >= 11 is 0. The maximum absolute atomic E-state index is 13.2. The lowest BCUT2D eigenvalue weighted by Crippen LogP contribution is -2.49. The van der Waals surface area contributed by atoms with E-state index in [9.17, 15) is 26.0 Å². The molecule has 1 aliphatic rings. The summed E-state index contributed by atoms with van der Waals surface area (Å²) < 4.78 is 79.1. The average Bonchev–Trinajstić information content (AvgIpc) is 2.67. The summed E-state index contributed by atoms with van der Waals surface area (Å²) in [7, 11) is -0.689. The van der Waals surface area contributed by atoms with Gasteiger partial charge >= 0.3 is 6.18 Å². The number of halogens is 4. The molecule has 0 aliphatic carbocycles. The van der Waals surface area contributed by atoms with Crippen LogP contribution in [0.1, 0.15) is 5.69 Å². The third-order valence-electron chi connectivity index (χ3n) is 4.42. The number of benzene rings is 1. The fourth-order valence-electron chi connectivity index (χ4n) is 2.82.